The Hall–Kier alpha value is -2.73. The minimum absolute atomic E-state index is 0.114. The third-order valence-electron chi connectivity index (χ3n) is 4.95. The number of benzene rings is 1. The molecular weight excluding hydrogens is 320 g/mol. The van der Waals surface area contributed by atoms with Crippen molar-refractivity contribution >= 4 is 17.0 Å². The van der Waals surface area contributed by atoms with Crippen molar-refractivity contribution in [1.29, 1.82) is 0 Å². The van der Waals surface area contributed by atoms with Gasteiger partial charge in [0.2, 0.25) is 0 Å². The lowest BCUT2D eigenvalue weighted by Crippen LogP contribution is -2.58. The second kappa shape index (κ2) is 5.67. The first-order valence-corrected chi connectivity index (χ1v) is 8.18. The van der Waals surface area contributed by atoms with E-state index in [9.17, 15) is 9.90 Å². The fourth-order valence-electron chi connectivity index (χ4n) is 3.49. The molecule has 0 radical (unpaired) electrons. The number of methoxy groups -OCH3 is 1. The zero-order chi connectivity index (χ0) is 17.6. The summed E-state index contributed by atoms with van der Waals surface area (Å²) in [5.41, 5.74) is 2.41. The smallest absolute Gasteiger partial charge is 0.271 e. The molecule has 1 aromatic carbocycles. The Bertz CT molecular complexity index is 942. The fourth-order valence-corrected chi connectivity index (χ4v) is 3.49. The normalized spacial score (nSPS) is 20.1. The number of fused-ring (bicyclic) bond motifs is 3. The molecule has 1 N–H and O–H groups in total. The van der Waals surface area contributed by atoms with E-state index in [4.69, 9.17) is 9.15 Å². The van der Waals surface area contributed by atoms with Crippen molar-refractivity contribution in [3.8, 4) is 5.75 Å². The standard InChI is InChI=1S/C19H20N2O4/c1-19(12-22)11-20-15-6-7-25-17(15)9-16(20)18(23)21(19)10-13-4-3-5-14(8-13)24-2/h3-9,22H,10-12H2,1-2H3. The molecule has 1 atom stereocenters. The molecule has 0 spiro atoms. The van der Waals surface area contributed by atoms with E-state index < -0.39 is 5.54 Å². The van der Waals surface area contributed by atoms with Crippen LogP contribution in [-0.2, 0) is 13.1 Å². The molecule has 0 bridgehead atoms. The fraction of sp³-hybridized carbons (Fsp3) is 0.316. The first-order valence-electron chi connectivity index (χ1n) is 8.18. The number of furan rings is 1. The van der Waals surface area contributed by atoms with Gasteiger partial charge in [0.1, 0.15) is 11.4 Å². The van der Waals surface area contributed by atoms with E-state index in [1.54, 1.807) is 24.3 Å². The zero-order valence-electron chi connectivity index (χ0n) is 14.2. The third kappa shape index (κ3) is 2.41. The number of hydrogen-bond acceptors (Lipinski definition) is 4. The summed E-state index contributed by atoms with van der Waals surface area (Å²) >= 11 is 0. The minimum atomic E-state index is -0.698. The predicted molar refractivity (Wildman–Crippen MR) is 92.6 cm³/mol. The summed E-state index contributed by atoms with van der Waals surface area (Å²) in [5.74, 6) is 0.630. The molecule has 0 saturated carbocycles. The average molecular weight is 340 g/mol. The Kier molecular flexibility index (Phi) is 3.58. The van der Waals surface area contributed by atoms with Gasteiger partial charge in [0.25, 0.3) is 5.91 Å². The number of amides is 1. The van der Waals surface area contributed by atoms with Crippen LogP contribution in [0.2, 0.25) is 0 Å². The van der Waals surface area contributed by atoms with Gasteiger partial charge in [-0.15, -0.1) is 0 Å². The van der Waals surface area contributed by atoms with Gasteiger partial charge >= 0.3 is 0 Å². The number of ether oxygens (including phenoxy) is 1. The van der Waals surface area contributed by atoms with Crippen molar-refractivity contribution in [2.75, 3.05) is 13.7 Å². The number of aliphatic hydroxyl groups excluding tert-OH is 1. The molecule has 3 aromatic rings. The summed E-state index contributed by atoms with van der Waals surface area (Å²) in [7, 11) is 1.62. The Morgan fingerprint density at radius 2 is 2.16 bits per heavy atom. The van der Waals surface area contributed by atoms with Crippen molar-refractivity contribution in [2.24, 2.45) is 0 Å². The molecule has 1 aliphatic rings. The predicted octanol–water partition coefficient (Wildman–Crippen LogP) is 2.65. The topological polar surface area (TPSA) is 67.8 Å². The monoisotopic (exact) mass is 340 g/mol. The molecule has 1 amide bonds. The molecule has 0 saturated heterocycles. The van der Waals surface area contributed by atoms with Gasteiger partial charge in [-0.25, -0.2) is 0 Å². The molecule has 3 heterocycles. The number of nitrogens with zero attached hydrogens (tertiary/aromatic N) is 2. The Morgan fingerprint density at radius 3 is 2.92 bits per heavy atom. The number of hydrogen-bond donors (Lipinski definition) is 1. The van der Waals surface area contributed by atoms with Gasteiger partial charge < -0.3 is 23.7 Å². The van der Waals surface area contributed by atoms with E-state index in [0.717, 1.165) is 16.8 Å². The summed E-state index contributed by atoms with van der Waals surface area (Å²) in [6, 6.07) is 11.2. The summed E-state index contributed by atoms with van der Waals surface area (Å²) in [4.78, 5) is 14.9. The highest BCUT2D eigenvalue weighted by Crippen LogP contribution is 2.33. The number of aliphatic hydroxyl groups is 1. The Morgan fingerprint density at radius 1 is 1.32 bits per heavy atom. The molecule has 0 aliphatic carbocycles. The average Bonchev–Trinajstić information content (AvgIpc) is 3.21. The summed E-state index contributed by atoms with van der Waals surface area (Å²) in [5, 5.41) is 10.0. The second-order valence-corrected chi connectivity index (χ2v) is 6.68. The lowest BCUT2D eigenvalue weighted by Gasteiger charge is -2.44. The van der Waals surface area contributed by atoms with Crippen LogP contribution in [0.1, 0.15) is 23.0 Å². The lowest BCUT2D eigenvalue weighted by atomic mass is 9.96. The number of rotatable bonds is 4. The van der Waals surface area contributed by atoms with Gasteiger partial charge in [0.15, 0.2) is 5.58 Å². The molecule has 1 aliphatic heterocycles. The van der Waals surface area contributed by atoms with E-state index in [2.05, 4.69) is 0 Å². The number of carbonyl (C=O) groups is 1. The third-order valence-corrected chi connectivity index (χ3v) is 4.95. The second-order valence-electron chi connectivity index (χ2n) is 6.68. The van der Waals surface area contributed by atoms with Gasteiger partial charge in [0.05, 0.1) is 31.0 Å². The maximum absolute atomic E-state index is 13.1. The highest BCUT2D eigenvalue weighted by atomic mass is 16.5. The van der Waals surface area contributed by atoms with E-state index in [1.807, 2.05) is 41.8 Å². The largest absolute Gasteiger partial charge is 0.497 e. The van der Waals surface area contributed by atoms with Crippen LogP contribution >= 0.6 is 0 Å². The molecule has 1 unspecified atom stereocenters. The van der Waals surface area contributed by atoms with Crippen LogP contribution in [0.15, 0.2) is 47.1 Å². The summed E-state index contributed by atoms with van der Waals surface area (Å²) in [6.07, 6.45) is 1.61. The van der Waals surface area contributed by atoms with Crippen LogP contribution in [0, 0.1) is 0 Å². The van der Waals surface area contributed by atoms with E-state index in [0.29, 0.717) is 24.4 Å². The zero-order valence-corrected chi connectivity index (χ0v) is 14.2. The van der Waals surface area contributed by atoms with Gasteiger partial charge in [-0.1, -0.05) is 12.1 Å². The van der Waals surface area contributed by atoms with Crippen LogP contribution in [-0.4, -0.2) is 39.7 Å². The Labute approximate surface area is 145 Å². The van der Waals surface area contributed by atoms with Gasteiger partial charge in [-0.2, -0.15) is 0 Å². The van der Waals surface area contributed by atoms with Crippen LogP contribution < -0.4 is 4.74 Å². The van der Waals surface area contributed by atoms with Crippen LogP contribution in [0.5, 0.6) is 5.75 Å². The molecule has 6 heteroatoms. The van der Waals surface area contributed by atoms with Crippen molar-refractivity contribution in [3.05, 3.63) is 53.9 Å². The molecule has 25 heavy (non-hydrogen) atoms. The molecule has 0 fully saturated rings. The molecule has 6 nitrogen and oxygen atoms in total. The summed E-state index contributed by atoms with van der Waals surface area (Å²) < 4.78 is 12.6. The Balaban J connectivity index is 1.75. The van der Waals surface area contributed by atoms with Crippen LogP contribution in [0.3, 0.4) is 0 Å². The maximum Gasteiger partial charge on any atom is 0.271 e. The quantitative estimate of drug-likeness (QED) is 0.793. The van der Waals surface area contributed by atoms with Gasteiger partial charge in [-0.3, -0.25) is 4.79 Å². The minimum Gasteiger partial charge on any atom is -0.497 e. The van der Waals surface area contributed by atoms with Crippen molar-refractivity contribution in [3.63, 3.8) is 0 Å². The molecule has 4 rings (SSSR count). The molecular formula is C19H20N2O4. The molecule has 130 valence electrons. The van der Waals surface area contributed by atoms with E-state index in [-0.39, 0.29) is 12.5 Å². The van der Waals surface area contributed by atoms with E-state index >= 15 is 0 Å². The van der Waals surface area contributed by atoms with Gasteiger partial charge in [-0.05, 0) is 24.6 Å². The van der Waals surface area contributed by atoms with Crippen molar-refractivity contribution in [1.82, 2.24) is 9.47 Å². The summed E-state index contributed by atoms with van der Waals surface area (Å²) in [6.45, 7) is 2.69. The SMILES string of the molecule is COc1cccc(CN2C(=O)c3cc4occc4n3CC2(C)CO)c1. The number of aromatic nitrogens is 1. The van der Waals surface area contributed by atoms with Crippen molar-refractivity contribution < 1.29 is 19.1 Å². The highest BCUT2D eigenvalue weighted by Gasteiger charge is 2.42. The van der Waals surface area contributed by atoms with Gasteiger partial charge in [0, 0.05) is 25.2 Å². The van der Waals surface area contributed by atoms with Crippen LogP contribution in [0.4, 0.5) is 0 Å². The van der Waals surface area contributed by atoms with Crippen molar-refractivity contribution in [2.45, 2.75) is 25.6 Å². The first kappa shape index (κ1) is 15.8. The number of carbonyl (C=O) groups excluding carboxylic acids is 1. The lowest BCUT2D eigenvalue weighted by molar-refractivity contribution is 0.0100. The molecule has 2 aromatic heterocycles. The van der Waals surface area contributed by atoms with E-state index in [1.165, 1.54) is 0 Å². The van der Waals surface area contributed by atoms with Crippen LogP contribution in [0.25, 0.3) is 11.1 Å². The highest BCUT2D eigenvalue weighted by molar-refractivity contribution is 5.98. The first-order chi connectivity index (χ1) is 12.1. The maximum atomic E-state index is 13.1.